The molecule has 5 rings (SSSR count). The molecule has 10 nitrogen and oxygen atoms in total. The van der Waals surface area contributed by atoms with Crippen LogP contribution in [0.1, 0.15) is 18.4 Å². The van der Waals surface area contributed by atoms with E-state index in [0.29, 0.717) is 11.3 Å². The number of anilines is 1. The zero-order valence-electron chi connectivity index (χ0n) is 21.1. The zero-order chi connectivity index (χ0) is 28.2. The van der Waals surface area contributed by atoms with Crippen molar-refractivity contribution >= 4 is 48.4 Å². The van der Waals surface area contributed by atoms with E-state index in [4.69, 9.17) is 16.4 Å². The number of fused-ring (bicyclic) bond motifs is 1. The second-order valence-electron chi connectivity index (χ2n) is 9.50. The first-order valence-corrected chi connectivity index (χ1v) is 15.3. The molecule has 1 atom stereocenters. The number of nitrogens with zero attached hydrogens (tertiary/aromatic N) is 5. The third-order valence-electron chi connectivity index (χ3n) is 6.90. The van der Waals surface area contributed by atoms with Gasteiger partial charge >= 0.3 is 0 Å². The van der Waals surface area contributed by atoms with Gasteiger partial charge in [0.15, 0.2) is 5.82 Å². The summed E-state index contributed by atoms with van der Waals surface area (Å²) >= 11 is 5.86. The number of pyridine rings is 1. The predicted octanol–water partition coefficient (Wildman–Crippen LogP) is 3.83. The quantitative estimate of drug-likeness (QED) is 0.348. The normalized spacial score (nSPS) is 17.4. The Kier molecular flexibility index (Phi) is 6.92. The molecule has 1 aliphatic heterocycles. The maximum atomic E-state index is 14.6. The van der Waals surface area contributed by atoms with Gasteiger partial charge in [-0.3, -0.25) is 4.98 Å². The highest BCUT2D eigenvalue weighted by Crippen LogP contribution is 2.38. The van der Waals surface area contributed by atoms with Crippen molar-refractivity contribution in [3.05, 3.63) is 77.2 Å². The SMILES string of the molecule is CN(C)S(=N)(=O)c1ccc(S(=O)(=O)n2nc(N3CCC(O)(c4ccc(Cl)cc4F)CC3)c3ncccc32)cc1. The minimum atomic E-state index is -4.18. The molecular formula is C25H26ClFN6O4S2. The summed E-state index contributed by atoms with van der Waals surface area (Å²) in [5.74, 6) is -0.259. The number of benzene rings is 2. The molecule has 14 heteroatoms. The Labute approximate surface area is 230 Å². The first-order chi connectivity index (χ1) is 18.3. The Morgan fingerprint density at radius 3 is 2.31 bits per heavy atom. The van der Waals surface area contributed by atoms with Gasteiger partial charge in [0.25, 0.3) is 10.0 Å². The van der Waals surface area contributed by atoms with E-state index in [9.17, 15) is 22.1 Å². The molecule has 206 valence electrons. The molecule has 1 saturated heterocycles. The lowest BCUT2D eigenvalue weighted by Crippen LogP contribution is -2.43. The molecule has 0 amide bonds. The maximum absolute atomic E-state index is 14.6. The van der Waals surface area contributed by atoms with Crippen molar-refractivity contribution in [2.24, 2.45) is 0 Å². The summed E-state index contributed by atoms with van der Waals surface area (Å²) in [7, 11) is -4.39. The summed E-state index contributed by atoms with van der Waals surface area (Å²) in [6, 6.07) is 12.7. The van der Waals surface area contributed by atoms with Crippen molar-refractivity contribution in [3.8, 4) is 0 Å². The van der Waals surface area contributed by atoms with Gasteiger partial charge in [0.2, 0.25) is 0 Å². The third kappa shape index (κ3) is 4.78. The monoisotopic (exact) mass is 592 g/mol. The van der Waals surface area contributed by atoms with Crippen LogP contribution in [0.5, 0.6) is 0 Å². The van der Waals surface area contributed by atoms with Crippen LogP contribution < -0.4 is 4.90 Å². The zero-order valence-corrected chi connectivity index (χ0v) is 23.5. The molecule has 1 unspecified atom stereocenters. The molecule has 1 fully saturated rings. The van der Waals surface area contributed by atoms with Crippen molar-refractivity contribution in [2.45, 2.75) is 28.2 Å². The van der Waals surface area contributed by atoms with E-state index in [-0.39, 0.29) is 51.8 Å². The first-order valence-electron chi connectivity index (χ1n) is 11.9. The van der Waals surface area contributed by atoms with Gasteiger partial charge in [-0.2, -0.15) is 8.42 Å². The smallest absolute Gasteiger partial charge is 0.283 e. The highest BCUT2D eigenvalue weighted by atomic mass is 35.5. The molecule has 0 saturated carbocycles. The summed E-state index contributed by atoms with van der Waals surface area (Å²) < 4.78 is 64.6. The standard InChI is InChI=1S/C25H26ClFN6O4S2/c1-31(2)38(28,35)18-6-8-19(9-7-18)39(36,37)33-22-4-3-13-29-23(22)24(30-33)32-14-11-25(34,12-15-32)20-10-5-17(26)16-21(20)27/h3-10,13,16,28,34H,11-12,14-15H2,1-2H3. The Balaban J connectivity index is 1.48. The molecule has 0 aliphatic carbocycles. The Bertz CT molecular complexity index is 1770. The lowest BCUT2D eigenvalue weighted by Gasteiger charge is -2.38. The van der Waals surface area contributed by atoms with Crippen LogP contribution in [0, 0.1) is 10.6 Å². The Morgan fingerprint density at radius 1 is 1.05 bits per heavy atom. The van der Waals surface area contributed by atoms with Crippen molar-refractivity contribution in [1.82, 2.24) is 18.5 Å². The van der Waals surface area contributed by atoms with Gasteiger partial charge < -0.3 is 10.0 Å². The number of rotatable bonds is 6. The molecular weight excluding hydrogens is 567 g/mol. The van der Waals surface area contributed by atoms with Crippen LogP contribution in [0.25, 0.3) is 11.0 Å². The molecule has 2 aromatic heterocycles. The highest BCUT2D eigenvalue weighted by molar-refractivity contribution is 7.90. The minimum absolute atomic E-state index is 0.0914. The van der Waals surface area contributed by atoms with E-state index < -0.39 is 31.4 Å². The number of piperidine rings is 1. The highest BCUT2D eigenvalue weighted by Gasteiger charge is 2.38. The van der Waals surface area contributed by atoms with Crippen molar-refractivity contribution < 1.29 is 22.1 Å². The van der Waals surface area contributed by atoms with Gasteiger partial charge in [0.05, 0.1) is 15.4 Å². The molecule has 0 radical (unpaired) electrons. The fraction of sp³-hybridized carbons (Fsp3) is 0.280. The summed E-state index contributed by atoms with van der Waals surface area (Å²) in [4.78, 5) is 6.28. The average molecular weight is 593 g/mol. The van der Waals surface area contributed by atoms with Crippen LogP contribution in [0.3, 0.4) is 0 Å². The van der Waals surface area contributed by atoms with Crippen molar-refractivity contribution in [1.29, 1.82) is 4.78 Å². The summed E-state index contributed by atoms with van der Waals surface area (Å²) in [5, 5.41) is 15.9. The van der Waals surface area contributed by atoms with Gasteiger partial charge in [0, 0.05) is 44.0 Å². The van der Waals surface area contributed by atoms with Crippen molar-refractivity contribution in [2.75, 3.05) is 32.1 Å². The molecule has 4 aromatic rings. The Hall–Kier alpha value is -3.10. The molecule has 2 aromatic carbocycles. The lowest BCUT2D eigenvalue weighted by atomic mass is 9.84. The fourth-order valence-corrected chi connectivity index (χ4v) is 6.99. The maximum Gasteiger partial charge on any atom is 0.283 e. The summed E-state index contributed by atoms with van der Waals surface area (Å²) in [6.45, 7) is 0.552. The van der Waals surface area contributed by atoms with Gasteiger partial charge in [-0.1, -0.05) is 17.7 Å². The molecule has 0 bridgehead atoms. The number of nitrogens with one attached hydrogen (secondary N) is 1. The predicted molar refractivity (Wildman–Crippen MR) is 146 cm³/mol. The topological polar surface area (TPSA) is 132 Å². The van der Waals surface area contributed by atoms with E-state index in [0.717, 1.165) is 4.09 Å². The molecule has 0 spiro atoms. The van der Waals surface area contributed by atoms with Crippen LogP contribution in [-0.2, 0) is 25.5 Å². The molecule has 1 aliphatic rings. The van der Waals surface area contributed by atoms with Crippen molar-refractivity contribution in [3.63, 3.8) is 0 Å². The molecule has 39 heavy (non-hydrogen) atoms. The van der Waals surface area contributed by atoms with E-state index in [1.807, 2.05) is 4.90 Å². The van der Waals surface area contributed by atoms with E-state index in [1.165, 1.54) is 67.1 Å². The largest absolute Gasteiger partial charge is 0.385 e. The number of hydrogen-bond donors (Lipinski definition) is 2. The molecule has 2 N–H and O–H groups in total. The van der Waals surface area contributed by atoms with Gasteiger partial charge in [0.1, 0.15) is 26.8 Å². The second-order valence-corrected chi connectivity index (χ2v) is 14.0. The number of aromatic nitrogens is 3. The number of hydrogen-bond acceptors (Lipinski definition) is 8. The van der Waals surface area contributed by atoms with Crippen LogP contribution in [0.15, 0.2) is 70.6 Å². The second kappa shape index (κ2) is 9.82. The number of aliphatic hydroxyl groups is 1. The van der Waals surface area contributed by atoms with Crippen LogP contribution in [0.4, 0.5) is 10.2 Å². The van der Waals surface area contributed by atoms with E-state index in [2.05, 4.69) is 10.1 Å². The average Bonchev–Trinajstić information content (AvgIpc) is 3.29. The minimum Gasteiger partial charge on any atom is -0.385 e. The first kappa shape index (κ1) is 27.5. The lowest BCUT2D eigenvalue weighted by molar-refractivity contribution is 0.00840. The third-order valence-corrected chi connectivity index (χ3v) is 10.7. The van der Waals surface area contributed by atoms with Gasteiger partial charge in [-0.15, -0.1) is 9.19 Å². The Morgan fingerprint density at radius 2 is 1.69 bits per heavy atom. The van der Waals surface area contributed by atoms with Gasteiger partial charge in [-0.05, 0) is 61.4 Å². The summed E-state index contributed by atoms with van der Waals surface area (Å²) in [6.07, 6.45) is 1.90. The molecule has 3 heterocycles. The fourth-order valence-electron chi connectivity index (χ4n) is 4.64. The van der Waals surface area contributed by atoms with Crippen LogP contribution in [-0.4, -0.2) is 63.4 Å². The van der Waals surface area contributed by atoms with E-state index >= 15 is 0 Å². The summed E-state index contributed by atoms with van der Waals surface area (Å²) in [5.41, 5.74) is -0.619. The van der Waals surface area contributed by atoms with E-state index in [1.54, 1.807) is 12.1 Å². The number of halogens is 2. The van der Waals surface area contributed by atoms with Crippen LogP contribution >= 0.6 is 11.6 Å². The van der Waals surface area contributed by atoms with Crippen LogP contribution in [0.2, 0.25) is 5.02 Å². The van der Waals surface area contributed by atoms with Gasteiger partial charge in [-0.25, -0.2) is 17.7 Å².